The van der Waals surface area contributed by atoms with E-state index >= 15 is 0 Å². The van der Waals surface area contributed by atoms with E-state index in [1.54, 1.807) is 0 Å². The minimum absolute atomic E-state index is 0.187. The maximum atomic E-state index is 4.45. The summed E-state index contributed by atoms with van der Waals surface area (Å²) in [6.45, 7) is 9.03. The van der Waals surface area contributed by atoms with Crippen molar-refractivity contribution in [3.63, 3.8) is 0 Å². The summed E-state index contributed by atoms with van der Waals surface area (Å²) in [4.78, 5) is 0. The Morgan fingerprint density at radius 3 is 1.78 bits per heavy atom. The lowest BCUT2D eigenvalue weighted by Gasteiger charge is -2.29. The fraction of sp³-hybridized carbons (Fsp3) is 0.100. The van der Waals surface area contributed by atoms with Crippen molar-refractivity contribution < 1.29 is 0 Å². The molecule has 7 rings (SSSR count). The van der Waals surface area contributed by atoms with E-state index < -0.39 is 0 Å². The maximum Gasteiger partial charge on any atom is 0.0541 e. The number of allylic oxidation sites excluding steroid dienone is 5. The largest absolute Gasteiger partial charge is 0.309 e. The van der Waals surface area contributed by atoms with Crippen LogP contribution in [0.25, 0.3) is 49.7 Å². The second kappa shape index (κ2) is 9.94. The molecule has 41 heavy (non-hydrogen) atoms. The number of hydrogen-bond donors (Lipinski definition) is 0. The summed E-state index contributed by atoms with van der Waals surface area (Å²) >= 11 is 0. The summed E-state index contributed by atoms with van der Waals surface area (Å²) in [6, 6.07) is 42.1. The first-order valence-electron chi connectivity index (χ1n) is 14.4. The molecule has 0 spiro atoms. The Labute approximate surface area is 242 Å². The lowest BCUT2D eigenvalue weighted by molar-refractivity contribution is 0.634. The second-order valence-corrected chi connectivity index (χ2v) is 11.5. The smallest absolute Gasteiger partial charge is 0.0541 e. The number of fused-ring (bicyclic) bond motifs is 4. The van der Waals surface area contributed by atoms with Gasteiger partial charge >= 0.3 is 0 Å². The summed E-state index contributed by atoms with van der Waals surface area (Å²) in [5.41, 5.74) is 12.1. The molecule has 0 saturated carbocycles. The van der Waals surface area contributed by atoms with E-state index in [1.165, 1.54) is 60.9 Å². The molecule has 0 bridgehead atoms. The molecule has 1 aromatic heterocycles. The van der Waals surface area contributed by atoms with Gasteiger partial charge in [-0.05, 0) is 81.8 Å². The maximum absolute atomic E-state index is 4.45. The highest BCUT2D eigenvalue weighted by molar-refractivity contribution is 6.11. The fourth-order valence-electron chi connectivity index (χ4n) is 6.21. The van der Waals surface area contributed by atoms with E-state index in [1.807, 2.05) is 0 Å². The average Bonchev–Trinajstić information content (AvgIpc) is 3.36. The van der Waals surface area contributed by atoms with Gasteiger partial charge in [0, 0.05) is 21.9 Å². The highest BCUT2D eigenvalue weighted by Crippen LogP contribution is 2.40. The zero-order valence-corrected chi connectivity index (χ0v) is 23.6. The van der Waals surface area contributed by atoms with Gasteiger partial charge in [0.25, 0.3) is 0 Å². The fourth-order valence-corrected chi connectivity index (χ4v) is 6.21. The van der Waals surface area contributed by atoms with Gasteiger partial charge in [0.15, 0.2) is 0 Å². The Morgan fingerprint density at radius 1 is 0.610 bits per heavy atom. The summed E-state index contributed by atoms with van der Waals surface area (Å²) < 4.78 is 2.44. The number of benzene rings is 5. The van der Waals surface area contributed by atoms with Gasteiger partial charge in [0.1, 0.15) is 0 Å². The van der Waals surface area contributed by atoms with Crippen LogP contribution in [0, 0.1) is 0 Å². The monoisotopic (exact) mass is 527 g/mol. The van der Waals surface area contributed by atoms with Crippen LogP contribution in [0.15, 0.2) is 152 Å². The quantitative estimate of drug-likeness (QED) is 0.216. The Balaban J connectivity index is 1.50. The van der Waals surface area contributed by atoms with Crippen molar-refractivity contribution >= 4 is 21.8 Å². The molecular formula is C40H33N. The molecule has 0 fully saturated rings. The molecule has 0 saturated heterocycles. The lowest BCUT2D eigenvalue weighted by Crippen LogP contribution is -2.21. The van der Waals surface area contributed by atoms with E-state index in [0.717, 1.165) is 12.0 Å². The number of rotatable bonds is 3. The molecule has 1 aliphatic carbocycles. The molecule has 0 unspecified atom stereocenters. The van der Waals surface area contributed by atoms with Crippen molar-refractivity contribution in [1.82, 2.24) is 4.57 Å². The lowest BCUT2D eigenvalue weighted by atomic mass is 9.75. The van der Waals surface area contributed by atoms with Gasteiger partial charge in [-0.15, -0.1) is 0 Å². The van der Waals surface area contributed by atoms with Gasteiger partial charge in [0.05, 0.1) is 11.0 Å². The van der Waals surface area contributed by atoms with Crippen LogP contribution in [0.4, 0.5) is 0 Å². The van der Waals surface area contributed by atoms with Gasteiger partial charge in [-0.2, -0.15) is 0 Å². The first kappa shape index (κ1) is 25.1. The summed E-state index contributed by atoms with van der Waals surface area (Å²) in [6.07, 6.45) is 9.53. The third kappa shape index (κ3) is 4.35. The van der Waals surface area contributed by atoms with Gasteiger partial charge < -0.3 is 4.57 Å². The van der Waals surface area contributed by atoms with Crippen molar-refractivity contribution in [3.8, 4) is 27.9 Å². The Bertz CT molecular complexity index is 1890. The van der Waals surface area contributed by atoms with Crippen LogP contribution in [-0.4, -0.2) is 4.57 Å². The van der Waals surface area contributed by atoms with Crippen molar-refractivity contribution in [1.29, 1.82) is 0 Å². The summed E-state index contributed by atoms with van der Waals surface area (Å²) in [5.74, 6) is 0. The SMILES string of the molecule is C=C1/C=C\C=C/Cc2ccc(-n3c4ccc(-c5ccccc5)cc4c4cc(-c5ccccc5)ccc43)cc2C1(C)C. The van der Waals surface area contributed by atoms with E-state index in [9.17, 15) is 0 Å². The van der Waals surface area contributed by atoms with Gasteiger partial charge in [0.2, 0.25) is 0 Å². The van der Waals surface area contributed by atoms with Crippen LogP contribution >= 0.6 is 0 Å². The molecule has 0 radical (unpaired) electrons. The number of hydrogen-bond acceptors (Lipinski definition) is 0. The van der Waals surface area contributed by atoms with Crippen molar-refractivity contribution in [2.45, 2.75) is 25.7 Å². The molecule has 5 aromatic carbocycles. The zero-order chi connectivity index (χ0) is 28.0. The van der Waals surface area contributed by atoms with Crippen LogP contribution in [0.1, 0.15) is 25.0 Å². The number of nitrogens with zero attached hydrogens (tertiary/aromatic N) is 1. The number of aromatic nitrogens is 1. The molecule has 1 aliphatic rings. The highest BCUT2D eigenvalue weighted by Gasteiger charge is 2.27. The molecule has 198 valence electrons. The van der Waals surface area contributed by atoms with E-state index in [-0.39, 0.29) is 5.41 Å². The molecule has 1 heteroatoms. The van der Waals surface area contributed by atoms with Crippen molar-refractivity contribution in [2.24, 2.45) is 0 Å². The predicted molar refractivity (Wildman–Crippen MR) is 176 cm³/mol. The molecule has 0 aliphatic heterocycles. The summed E-state index contributed by atoms with van der Waals surface area (Å²) in [5, 5.41) is 2.52. The van der Waals surface area contributed by atoms with E-state index in [2.05, 4.69) is 165 Å². The molecule has 0 N–H and O–H groups in total. The highest BCUT2D eigenvalue weighted by atomic mass is 15.0. The van der Waals surface area contributed by atoms with Crippen LogP contribution in [0.5, 0.6) is 0 Å². The summed E-state index contributed by atoms with van der Waals surface area (Å²) in [7, 11) is 0. The predicted octanol–water partition coefficient (Wildman–Crippen LogP) is 10.6. The zero-order valence-electron chi connectivity index (χ0n) is 23.6. The minimum Gasteiger partial charge on any atom is -0.309 e. The standard InChI is InChI=1S/C40H33N/c1-28-13-7-4-12-18-31-19-22-34(27-37(31)40(28,2)3)41-38-23-20-32(29-14-8-5-9-15-29)25-35(38)36-26-33(21-24-39(36)41)30-16-10-6-11-17-30/h4-17,19-27H,1,18H2,2-3H3/b12-4-,13-7-. The van der Waals surface area contributed by atoms with Gasteiger partial charge in [-0.1, -0.05) is 124 Å². The third-order valence-electron chi connectivity index (χ3n) is 8.69. The Kier molecular flexibility index (Phi) is 6.09. The molecule has 1 heterocycles. The molecule has 6 aromatic rings. The van der Waals surface area contributed by atoms with Crippen molar-refractivity contribution in [3.05, 3.63) is 163 Å². The van der Waals surface area contributed by atoms with Crippen molar-refractivity contribution in [2.75, 3.05) is 0 Å². The van der Waals surface area contributed by atoms with E-state index in [0.29, 0.717) is 0 Å². The van der Waals surface area contributed by atoms with Gasteiger partial charge in [-0.25, -0.2) is 0 Å². The minimum atomic E-state index is -0.187. The Hall–Kier alpha value is -4.88. The molecule has 0 atom stereocenters. The van der Waals surface area contributed by atoms with Crippen LogP contribution in [0.2, 0.25) is 0 Å². The van der Waals surface area contributed by atoms with Gasteiger partial charge in [-0.3, -0.25) is 0 Å². The molecular weight excluding hydrogens is 494 g/mol. The third-order valence-corrected chi connectivity index (χ3v) is 8.69. The van der Waals surface area contributed by atoms with Crippen LogP contribution in [-0.2, 0) is 11.8 Å². The first-order valence-corrected chi connectivity index (χ1v) is 14.4. The Morgan fingerprint density at radius 2 is 1.20 bits per heavy atom. The first-order chi connectivity index (χ1) is 20.0. The van der Waals surface area contributed by atoms with E-state index in [4.69, 9.17) is 0 Å². The normalized spacial score (nSPS) is 16.1. The van der Waals surface area contributed by atoms with Crippen LogP contribution in [0.3, 0.4) is 0 Å². The molecule has 1 nitrogen and oxygen atoms in total. The topological polar surface area (TPSA) is 4.93 Å². The average molecular weight is 528 g/mol. The second-order valence-electron chi connectivity index (χ2n) is 11.5. The van der Waals surface area contributed by atoms with Crippen LogP contribution < -0.4 is 0 Å². The molecule has 0 amide bonds.